The van der Waals surface area contributed by atoms with Crippen LogP contribution in [0, 0.1) is 0 Å². The summed E-state index contributed by atoms with van der Waals surface area (Å²) in [6.45, 7) is 0.506. The minimum atomic E-state index is -0.254. The fourth-order valence-corrected chi connectivity index (χ4v) is 2.93. The minimum absolute atomic E-state index is 0.0292. The number of aryl methyl sites for hydroxylation is 1. The van der Waals surface area contributed by atoms with Crippen LogP contribution in [0.15, 0.2) is 34.8 Å². The third kappa shape index (κ3) is 2.64. The third-order valence-electron chi connectivity index (χ3n) is 3.42. The Morgan fingerprint density at radius 1 is 1.45 bits per heavy atom. The number of likely N-dealkylation sites (N-methyl/N-ethyl adjacent to an activating group) is 1. The second-order valence-corrected chi connectivity index (χ2v) is 6.04. The molecule has 7 nitrogen and oxygen atoms in total. The van der Waals surface area contributed by atoms with Crippen LogP contribution in [0.4, 0.5) is 0 Å². The van der Waals surface area contributed by atoms with Crippen molar-refractivity contribution in [3.63, 3.8) is 0 Å². The first kappa shape index (κ1) is 14.5. The molecule has 0 spiro atoms. The molecular weight excluding hydrogens is 302 g/mol. The van der Waals surface area contributed by atoms with Gasteiger partial charge in [0.1, 0.15) is 18.3 Å². The van der Waals surface area contributed by atoms with E-state index in [0.717, 1.165) is 4.88 Å². The molecule has 0 unspecified atom stereocenters. The zero-order valence-electron chi connectivity index (χ0n) is 12.3. The van der Waals surface area contributed by atoms with Crippen molar-refractivity contribution in [2.45, 2.75) is 13.1 Å². The molecule has 0 aliphatic rings. The standard InChI is InChI=1S/C14H15N5O2S/c1-17(7-10-4-3-5-22-10)12(20)8-19-9-15-13-11(14(19)21)6-16-18(13)2/h3-6,9H,7-8H2,1-2H3. The fraction of sp³-hybridized carbons (Fsp3) is 0.286. The highest BCUT2D eigenvalue weighted by Crippen LogP contribution is 2.11. The van der Waals surface area contributed by atoms with E-state index in [1.54, 1.807) is 30.3 Å². The maximum absolute atomic E-state index is 12.3. The van der Waals surface area contributed by atoms with Gasteiger partial charge in [0, 0.05) is 19.0 Å². The molecule has 0 atom stereocenters. The number of aromatic nitrogens is 4. The van der Waals surface area contributed by atoms with Crippen LogP contribution in [0.1, 0.15) is 4.88 Å². The predicted octanol–water partition coefficient (Wildman–Crippen LogP) is 0.850. The van der Waals surface area contributed by atoms with E-state index in [1.807, 2.05) is 17.5 Å². The van der Waals surface area contributed by atoms with Crippen LogP contribution < -0.4 is 5.56 Å². The maximum atomic E-state index is 12.3. The van der Waals surface area contributed by atoms with Crippen molar-refractivity contribution in [2.75, 3.05) is 7.05 Å². The summed E-state index contributed by atoms with van der Waals surface area (Å²) in [5.41, 5.74) is 0.261. The first-order valence-corrected chi connectivity index (χ1v) is 7.57. The molecule has 0 fully saturated rings. The summed E-state index contributed by atoms with van der Waals surface area (Å²) in [6, 6.07) is 3.92. The molecule has 0 saturated carbocycles. The van der Waals surface area contributed by atoms with Crippen LogP contribution in [-0.4, -0.2) is 37.2 Å². The van der Waals surface area contributed by atoms with E-state index in [1.165, 1.54) is 21.8 Å². The molecular formula is C14H15N5O2S. The number of thiophene rings is 1. The van der Waals surface area contributed by atoms with Crippen LogP contribution in [0.25, 0.3) is 11.0 Å². The summed E-state index contributed by atoms with van der Waals surface area (Å²) < 4.78 is 2.85. The molecule has 3 aromatic heterocycles. The number of carbonyl (C=O) groups is 1. The van der Waals surface area contributed by atoms with E-state index in [4.69, 9.17) is 0 Å². The third-order valence-corrected chi connectivity index (χ3v) is 4.28. The maximum Gasteiger partial charge on any atom is 0.264 e. The number of hydrogen-bond donors (Lipinski definition) is 0. The van der Waals surface area contributed by atoms with Crippen molar-refractivity contribution >= 4 is 28.3 Å². The summed E-state index contributed by atoms with van der Waals surface area (Å²) in [7, 11) is 3.45. The highest BCUT2D eigenvalue weighted by Gasteiger charge is 2.14. The van der Waals surface area contributed by atoms with E-state index in [9.17, 15) is 9.59 Å². The Morgan fingerprint density at radius 3 is 3.00 bits per heavy atom. The summed E-state index contributed by atoms with van der Waals surface area (Å²) in [5, 5.41) is 6.39. The zero-order valence-corrected chi connectivity index (χ0v) is 13.1. The average Bonchev–Trinajstić information content (AvgIpc) is 3.12. The normalized spacial score (nSPS) is 11.0. The van der Waals surface area contributed by atoms with E-state index in [2.05, 4.69) is 10.1 Å². The highest BCUT2D eigenvalue weighted by atomic mass is 32.1. The predicted molar refractivity (Wildman–Crippen MR) is 83.6 cm³/mol. The molecule has 3 heterocycles. The number of fused-ring (bicyclic) bond motifs is 1. The molecule has 3 rings (SSSR count). The zero-order chi connectivity index (χ0) is 15.7. The molecule has 0 aliphatic heterocycles. The van der Waals surface area contributed by atoms with Crippen molar-refractivity contribution in [3.05, 3.63) is 45.3 Å². The second-order valence-electron chi connectivity index (χ2n) is 5.01. The summed E-state index contributed by atoms with van der Waals surface area (Å²) in [6.07, 6.45) is 2.87. The van der Waals surface area contributed by atoms with Gasteiger partial charge in [-0.25, -0.2) is 4.98 Å². The van der Waals surface area contributed by atoms with Crippen LogP contribution in [0.2, 0.25) is 0 Å². The van der Waals surface area contributed by atoms with Gasteiger partial charge in [-0.3, -0.25) is 18.8 Å². The molecule has 0 bridgehead atoms. The van der Waals surface area contributed by atoms with E-state index >= 15 is 0 Å². The lowest BCUT2D eigenvalue weighted by molar-refractivity contribution is -0.131. The van der Waals surface area contributed by atoms with Crippen molar-refractivity contribution in [1.82, 2.24) is 24.2 Å². The van der Waals surface area contributed by atoms with Gasteiger partial charge in [-0.05, 0) is 11.4 Å². The molecule has 22 heavy (non-hydrogen) atoms. The van der Waals surface area contributed by atoms with Crippen molar-refractivity contribution in [1.29, 1.82) is 0 Å². The van der Waals surface area contributed by atoms with Gasteiger partial charge in [-0.2, -0.15) is 5.10 Å². The molecule has 1 amide bonds. The smallest absolute Gasteiger partial charge is 0.264 e. The quantitative estimate of drug-likeness (QED) is 0.715. The van der Waals surface area contributed by atoms with Crippen molar-refractivity contribution < 1.29 is 4.79 Å². The molecule has 114 valence electrons. The lowest BCUT2D eigenvalue weighted by atomic mass is 10.4. The molecule has 8 heteroatoms. The Balaban J connectivity index is 1.79. The van der Waals surface area contributed by atoms with Crippen LogP contribution in [-0.2, 0) is 24.9 Å². The van der Waals surface area contributed by atoms with Gasteiger partial charge in [0.15, 0.2) is 5.65 Å². The summed E-state index contributed by atoms with van der Waals surface area (Å²) in [5.74, 6) is -0.138. The number of rotatable bonds is 4. The lowest BCUT2D eigenvalue weighted by Crippen LogP contribution is -2.33. The van der Waals surface area contributed by atoms with Crippen molar-refractivity contribution in [3.8, 4) is 0 Å². The number of amides is 1. The largest absolute Gasteiger partial charge is 0.339 e. The Labute approximate surface area is 130 Å². The molecule has 0 radical (unpaired) electrons. The number of nitrogens with zero attached hydrogens (tertiary/aromatic N) is 5. The number of hydrogen-bond acceptors (Lipinski definition) is 5. The van der Waals surface area contributed by atoms with Gasteiger partial charge >= 0.3 is 0 Å². The van der Waals surface area contributed by atoms with Crippen LogP contribution in [0.3, 0.4) is 0 Å². The van der Waals surface area contributed by atoms with Gasteiger partial charge in [0.05, 0.1) is 12.7 Å². The first-order chi connectivity index (χ1) is 10.6. The monoisotopic (exact) mass is 317 g/mol. The SMILES string of the molecule is CN(Cc1cccs1)C(=O)Cn1cnc2c(cnn2C)c1=O. The molecule has 0 saturated heterocycles. The number of carbonyl (C=O) groups excluding carboxylic acids is 1. The highest BCUT2D eigenvalue weighted by molar-refractivity contribution is 7.09. The molecule has 0 aliphatic carbocycles. The lowest BCUT2D eigenvalue weighted by Gasteiger charge is -2.16. The molecule has 0 N–H and O–H groups in total. The fourth-order valence-electron chi connectivity index (χ4n) is 2.17. The Kier molecular flexibility index (Phi) is 3.76. The van der Waals surface area contributed by atoms with Gasteiger partial charge in [-0.15, -0.1) is 11.3 Å². The van der Waals surface area contributed by atoms with E-state index in [0.29, 0.717) is 17.6 Å². The van der Waals surface area contributed by atoms with Gasteiger partial charge < -0.3 is 4.90 Å². The Morgan fingerprint density at radius 2 is 2.27 bits per heavy atom. The Bertz CT molecular complexity index is 865. The topological polar surface area (TPSA) is 73.0 Å². The van der Waals surface area contributed by atoms with Crippen molar-refractivity contribution in [2.24, 2.45) is 7.05 Å². The second kappa shape index (κ2) is 5.72. The average molecular weight is 317 g/mol. The van der Waals surface area contributed by atoms with E-state index < -0.39 is 0 Å². The molecule has 3 aromatic rings. The van der Waals surface area contributed by atoms with Crippen LogP contribution >= 0.6 is 11.3 Å². The van der Waals surface area contributed by atoms with Crippen LogP contribution in [0.5, 0.6) is 0 Å². The minimum Gasteiger partial charge on any atom is -0.339 e. The Hall–Kier alpha value is -2.48. The van der Waals surface area contributed by atoms with Gasteiger partial charge in [0.25, 0.3) is 5.56 Å². The first-order valence-electron chi connectivity index (χ1n) is 6.70. The van der Waals surface area contributed by atoms with Gasteiger partial charge in [-0.1, -0.05) is 6.07 Å². The summed E-state index contributed by atoms with van der Waals surface area (Å²) in [4.78, 5) is 31.5. The summed E-state index contributed by atoms with van der Waals surface area (Å²) >= 11 is 1.60. The van der Waals surface area contributed by atoms with Gasteiger partial charge in [0.2, 0.25) is 5.91 Å². The molecule has 0 aromatic carbocycles. The van der Waals surface area contributed by atoms with E-state index in [-0.39, 0.29) is 18.0 Å².